The van der Waals surface area contributed by atoms with Crippen molar-refractivity contribution in [3.63, 3.8) is 0 Å². The van der Waals surface area contributed by atoms with E-state index in [4.69, 9.17) is 4.74 Å². The van der Waals surface area contributed by atoms with Gasteiger partial charge in [0.2, 0.25) is 5.91 Å². The highest BCUT2D eigenvalue weighted by molar-refractivity contribution is 14.0. The monoisotopic (exact) mass is 506 g/mol. The third-order valence-corrected chi connectivity index (χ3v) is 5.39. The molecule has 152 valence electrons. The van der Waals surface area contributed by atoms with Gasteiger partial charge in [-0.05, 0) is 31.4 Å². The summed E-state index contributed by atoms with van der Waals surface area (Å²) in [5.41, 5.74) is 0. The largest absolute Gasteiger partial charge is 0.383 e. The van der Waals surface area contributed by atoms with Crippen LogP contribution in [0.4, 0.5) is 0 Å². The number of benzene rings is 1. The Morgan fingerprint density at radius 2 is 2.11 bits per heavy atom. The maximum absolute atomic E-state index is 11.8. The fourth-order valence-corrected chi connectivity index (χ4v) is 3.86. The number of hydrogen-bond donors (Lipinski definition) is 2. The van der Waals surface area contributed by atoms with Crippen molar-refractivity contribution >= 4 is 47.6 Å². The molecule has 1 atom stereocenters. The van der Waals surface area contributed by atoms with Gasteiger partial charge < -0.3 is 20.3 Å². The number of hydrogen-bond acceptors (Lipinski definition) is 4. The quantitative estimate of drug-likeness (QED) is 0.177. The van der Waals surface area contributed by atoms with E-state index < -0.39 is 0 Å². The number of carbonyl (C=O) groups is 1. The molecule has 0 aliphatic carbocycles. The Morgan fingerprint density at radius 1 is 1.33 bits per heavy atom. The number of rotatable bonds is 9. The maximum atomic E-state index is 11.8. The molecular formula is C19H31IN4O2S. The van der Waals surface area contributed by atoms with Gasteiger partial charge in [-0.3, -0.25) is 4.79 Å². The molecule has 1 heterocycles. The van der Waals surface area contributed by atoms with Crippen LogP contribution in [0.25, 0.3) is 0 Å². The highest BCUT2D eigenvalue weighted by Gasteiger charge is 2.25. The molecule has 0 bridgehead atoms. The Hall–Kier alpha value is -1.000. The van der Waals surface area contributed by atoms with E-state index in [-0.39, 0.29) is 36.4 Å². The van der Waals surface area contributed by atoms with Gasteiger partial charge >= 0.3 is 0 Å². The molecule has 2 N–H and O–H groups in total. The first-order valence-electron chi connectivity index (χ1n) is 9.19. The molecule has 1 fully saturated rings. The van der Waals surface area contributed by atoms with Gasteiger partial charge in [-0.25, -0.2) is 4.99 Å². The number of guanidine groups is 1. The van der Waals surface area contributed by atoms with Crippen molar-refractivity contribution in [2.45, 2.75) is 18.2 Å². The second kappa shape index (κ2) is 14.1. The van der Waals surface area contributed by atoms with Crippen molar-refractivity contribution in [3.05, 3.63) is 30.3 Å². The standard InChI is InChI=1S/C19H30N4O2S.HI/c1-3-20-19(22-13-18(24)21-10-12-25-2)23-11-9-16(14-23)15-26-17-7-5-4-6-8-17;/h4-8,16H,3,9-15H2,1-2H3,(H,20,22)(H,21,24);1H. The smallest absolute Gasteiger partial charge is 0.241 e. The van der Waals surface area contributed by atoms with Crippen molar-refractivity contribution in [3.8, 4) is 0 Å². The van der Waals surface area contributed by atoms with E-state index in [9.17, 15) is 4.79 Å². The normalized spacial score (nSPS) is 16.7. The molecule has 27 heavy (non-hydrogen) atoms. The summed E-state index contributed by atoms with van der Waals surface area (Å²) in [6.45, 7) is 5.99. The molecular weight excluding hydrogens is 475 g/mol. The lowest BCUT2D eigenvalue weighted by molar-refractivity contribution is -0.119. The van der Waals surface area contributed by atoms with Crippen LogP contribution in [0.15, 0.2) is 40.2 Å². The Bertz CT molecular complexity index is 574. The molecule has 1 aromatic rings. The molecule has 2 rings (SSSR count). The van der Waals surface area contributed by atoms with Crippen LogP contribution in [0.1, 0.15) is 13.3 Å². The summed E-state index contributed by atoms with van der Waals surface area (Å²) in [7, 11) is 1.62. The van der Waals surface area contributed by atoms with Crippen molar-refractivity contribution in [1.29, 1.82) is 0 Å². The van der Waals surface area contributed by atoms with E-state index in [1.165, 1.54) is 4.90 Å². The first-order valence-corrected chi connectivity index (χ1v) is 10.2. The summed E-state index contributed by atoms with van der Waals surface area (Å²) >= 11 is 1.91. The number of methoxy groups -OCH3 is 1. The summed E-state index contributed by atoms with van der Waals surface area (Å²) in [4.78, 5) is 19.9. The number of likely N-dealkylation sites (tertiary alicyclic amines) is 1. The average molecular weight is 506 g/mol. The zero-order chi connectivity index (χ0) is 18.6. The van der Waals surface area contributed by atoms with Gasteiger partial charge in [0, 0.05) is 43.9 Å². The second-order valence-corrected chi connectivity index (χ2v) is 7.33. The topological polar surface area (TPSA) is 66.0 Å². The van der Waals surface area contributed by atoms with Crippen molar-refractivity contribution in [2.24, 2.45) is 10.9 Å². The Balaban J connectivity index is 0.00000364. The van der Waals surface area contributed by atoms with Crippen LogP contribution in [-0.4, -0.2) is 69.0 Å². The molecule has 1 aliphatic heterocycles. The number of nitrogens with one attached hydrogen (secondary N) is 2. The van der Waals surface area contributed by atoms with E-state index in [2.05, 4.69) is 44.8 Å². The molecule has 1 saturated heterocycles. The Morgan fingerprint density at radius 3 is 2.81 bits per heavy atom. The lowest BCUT2D eigenvalue weighted by atomic mass is 10.2. The number of amides is 1. The SMILES string of the molecule is CCNC(=NCC(=O)NCCOC)N1CCC(CSc2ccccc2)C1.I. The van der Waals surface area contributed by atoms with Crippen molar-refractivity contribution in [1.82, 2.24) is 15.5 Å². The van der Waals surface area contributed by atoms with Gasteiger partial charge in [-0.1, -0.05) is 18.2 Å². The van der Waals surface area contributed by atoms with E-state index in [0.29, 0.717) is 19.1 Å². The molecule has 0 aromatic heterocycles. The van der Waals surface area contributed by atoms with Gasteiger partial charge in [0.1, 0.15) is 6.54 Å². The van der Waals surface area contributed by atoms with Gasteiger partial charge in [-0.15, -0.1) is 35.7 Å². The third kappa shape index (κ3) is 9.16. The fraction of sp³-hybridized carbons (Fsp3) is 0.579. The van der Waals surface area contributed by atoms with Gasteiger partial charge in [0.15, 0.2) is 5.96 Å². The van der Waals surface area contributed by atoms with Gasteiger partial charge in [0.05, 0.1) is 6.61 Å². The molecule has 1 aromatic carbocycles. The minimum absolute atomic E-state index is 0. The summed E-state index contributed by atoms with van der Waals surface area (Å²) in [5.74, 6) is 2.51. The molecule has 0 radical (unpaired) electrons. The predicted octanol–water partition coefficient (Wildman–Crippen LogP) is 2.45. The minimum Gasteiger partial charge on any atom is -0.383 e. The van der Waals surface area contributed by atoms with Crippen LogP contribution in [0.3, 0.4) is 0 Å². The number of nitrogens with zero attached hydrogens (tertiary/aromatic N) is 2. The predicted molar refractivity (Wildman–Crippen MR) is 123 cm³/mol. The van der Waals surface area contributed by atoms with Crippen LogP contribution in [0.2, 0.25) is 0 Å². The molecule has 0 saturated carbocycles. The highest BCUT2D eigenvalue weighted by atomic mass is 127. The Labute approximate surface area is 183 Å². The molecule has 6 nitrogen and oxygen atoms in total. The number of aliphatic imine (C=N–C) groups is 1. The highest BCUT2D eigenvalue weighted by Crippen LogP contribution is 2.25. The molecule has 1 amide bonds. The third-order valence-electron chi connectivity index (χ3n) is 4.15. The Kier molecular flexibility index (Phi) is 12.5. The lowest BCUT2D eigenvalue weighted by Gasteiger charge is -2.21. The van der Waals surface area contributed by atoms with Crippen molar-refractivity contribution in [2.75, 3.05) is 52.2 Å². The van der Waals surface area contributed by atoms with E-state index in [1.807, 2.05) is 24.8 Å². The van der Waals surface area contributed by atoms with Crippen molar-refractivity contribution < 1.29 is 9.53 Å². The zero-order valence-electron chi connectivity index (χ0n) is 16.1. The summed E-state index contributed by atoms with van der Waals surface area (Å²) < 4.78 is 4.93. The summed E-state index contributed by atoms with van der Waals surface area (Å²) in [6, 6.07) is 10.5. The fourth-order valence-electron chi connectivity index (χ4n) is 2.81. The number of carbonyl (C=O) groups excluding carboxylic acids is 1. The first kappa shape index (κ1) is 24.0. The van der Waals surface area contributed by atoms with E-state index in [1.54, 1.807) is 7.11 Å². The average Bonchev–Trinajstić information content (AvgIpc) is 3.13. The van der Waals surface area contributed by atoms with Crippen LogP contribution in [0.5, 0.6) is 0 Å². The van der Waals surface area contributed by atoms with E-state index in [0.717, 1.165) is 37.8 Å². The van der Waals surface area contributed by atoms with Crippen LogP contribution >= 0.6 is 35.7 Å². The molecule has 0 spiro atoms. The zero-order valence-corrected chi connectivity index (χ0v) is 19.3. The van der Waals surface area contributed by atoms with E-state index >= 15 is 0 Å². The number of ether oxygens (including phenoxy) is 1. The van der Waals surface area contributed by atoms with Gasteiger partial charge in [0.25, 0.3) is 0 Å². The van der Waals surface area contributed by atoms with Crippen LogP contribution < -0.4 is 10.6 Å². The second-order valence-electron chi connectivity index (χ2n) is 6.24. The minimum atomic E-state index is -0.0761. The molecule has 1 aliphatic rings. The lowest BCUT2D eigenvalue weighted by Crippen LogP contribution is -2.41. The van der Waals surface area contributed by atoms with Crippen LogP contribution in [0, 0.1) is 5.92 Å². The summed E-state index contributed by atoms with van der Waals surface area (Å²) in [5, 5.41) is 6.10. The number of halogens is 1. The molecule has 1 unspecified atom stereocenters. The summed E-state index contributed by atoms with van der Waals surface area (Å²) in [6.07, 6.45) is 1.16. The molecule has 8 heteroatoms. The first-order chi connectivity index (χ1) is 12.7. The maximum Gasteiger partial charge on any atom is 0.241 e. The number of thioether (sulfide) groups is 1. The van der Waals surface area contributed by atoms with Crippen LogP contribution in [-0.2, 0) is 9.53 Å². The van der Waals surface area contributed by atoms with Gasteiger partial charge in [-0.2, -0.15) is 0 Å².